The Bertz CT molecular complexity index is 2760. The normalized spacial score (nSPS) is 12.8. The van der Waals surface area contributed by atoms with Crippen molar-refractivity contribution in [3.8, 4) is 0 Å². The van der Waals surface area contributed by atoms with Crippen LogP contribution in [0.25, 0.3) is 12.2 Å². The highest BCUT2D eigenvalue weighted by molar-refractivity contribution is 7.86. The zero-order valence-corrected chi connectivity index (χ0v) is 36.0. The lowest BCUT2D eigenvalue weighted by Crippen LogP contribution is -2.33. The van der Waals surface area contributed by atoms with Crippen molar-refractivity contribution < 1.29 is 41.3 Å². The molecule has 0 radical (unpaired) electrons. The third kappa shape index (κ3) is 13.3. The van der Waals surface area contributed by atoms with E-state index >= 15 is 0 Å². The van der Waals surface area contributed by atoms with Crippen LogP contribution in [0.5, 0.6) is 0 Å². The van der Waals surface area contributed by atoms with Gasteiger partial charge < -0.3 is 35.8 Å². The Morgan fingerprint density at radius 1 is 0.635 bits per heavy atom. The summed E-state index contributed by atoms with van der Waals surface area (Å²) in [6.07, 6.45) is 2.09. The molecular formula is C42H46N10O9S2. The Labute approximate surface area is 364 Å². The fraction of sp³-hybridized carbons (Fsp3) is 0.238. The van der Waals surface area contributed by atoms with E-state index in [2.05, 4.69) is 40.5 Å². The van der Waals surface area contributed by atoms with Crippen molar-refractivity contribution in [1.29, 1.82) is 0 Å². The number of hydrogen-bond donors (Lipinski definition) is 7. The molecule has 19 nitrogen and oxygen atoms in total. The number of likely N-dealkylation sites (N-methyl/N-ethyl adjacent to an activating group) is 1. The van der Waals surface area contributed by atoms with Crippen LogP contribution in [0.3, 0.4) is 0 Å². The maximum absolute atomic E-state index is 12.7. The summed E-state index contributed by atoms with van der Waals surface area (Å²) in [5, 5.41) is 36.1. The highest BCUT2D eigenvalue weighted by Gasteiger charge is 2.19. The number of benzene rings is 4. The zero-order chi connectivity index (χ0) is 45.3. The molecule has 0 aliphatic rings. The molecule has 4 aromatic carbocycles. The first kappa shape index (κ1) is 46.1. The van der Waals surface area contributed by atoms with Crippen molar-refractivity contribution in [2.45, 2.75) is 48.7 Å². The van der Waals surface area contributed by atoms with Crippen LogP contribution < -0.4 is 20.4 Å². The highest BCUT2D eigenvalue weighted by atomic mass is 32.2. The van der Waals surface area contributed by atoms with E-state index in [0.29, 0.717) is 34.4 Å². The highest BCUT2D eigenvalue weighted by Crippen LogP contribution is 2.25. The molecule has 2 unspecified atom stereocenters. The van der Waals surface area contributed by atoms with Gasteiger partial charge in [-0.3, -0.25) is 9.11 Å². The molecule has 7 N–H and O–H groups in total. The van der Waals surface area contributed by atoms with Gasteiger partial charge in [-0.15, -0.1) is 0 Å². The van der Waals surface area contributed by atoms with Gasteiger partial charge in [-0.2, -0.15) is 46.7 Å². The summed E-state index contributed by atoms with van der Waals surface area (Å²) in [7, 11) is -7.34. The maximum atomic E-state index is 12.7. The van der Waals surface area contributed by atoms with Crippen LogP contribution in [-0.2, 0) is 33.1 Å². The molecule has 0 fully saturated rings. The van der Waals surface area contributed by atoms with Crippen LogP contribution in [0.15, 0.2) is 107 Å². The molecule has 2 atom stereocenters. The minimum absolute atomic E-state index is 0.0165. The SMILES string of the molecule is CC(O)CN(C)c1nc(Cc2ccc(/C=C/c3ccc(Cc4nc(Nc5ccc(S(=O)(=O)O)cc5)nc(N(CO)CC(C)O)n4)cc3)c(S(=O)(=O)O)c2)nc(Nc2ccccc2)n1. The number of aliphatic hydroxyl groups excluding tert-OH is 3. The number of rotatable bonds is 19. The molecular weight excluding hydrogens is 853 g/mol. The number of para-hydroxylation sites is 1. The molecule has 21 heteroatoms. The first-order valence-corrected chi connectivity index (χ1v) is 22.3. The van der Waals surface area contributed by atoms with Crippen LogP contribution in [-0.4, -0.2) is 110 Å². The minimum atomic E-state index is -4.67. The van der Waals surface area contributed by atoms with Gasteiger partial charge >= 0.3 is 0 Å². The van der Waals surface area contributed by atoms with Crippen molar-refractivity contribution in [1.82, 2.24) is 29.9 Å². The van der Waals surface area contributed by atoms with Gasteiger partial charge in [-0.25, -0.2) is 0 Å². The van der Waals surface area contributed by atoms with Crippen molar-refractivity contribution in [2.75, 3.05) is 47.3 Å². The lowest BCUT2D eigenvalue weighted by molar-refractivity contribution is 0.185. The Hall–Kier alpha value is -6.46. The Morgan fingerprint density at radius 3 is 1.76 bits per heavy atom. The third-order valence-electron chi connectivity index (χ3n) is 9.11. The van der Waals surface area contributed by atoms with Crippen molar-refractivity contribution in [2.24, 2.45) is 0 Å². The van der Waals surface area contributed by atoms with Gasteiger partial charge in [0.25, 0.3) is 20.2 Å². The molecule has 0 amide bonds. The van der Waals surface area contributed by atoms with Gasteiger partial charge in [0.05, 0.1) is 17.1 Å². The van der Waals surface area contributed by atoms with E-state index in [1.54, 1.807) is 62.2 Å². The number of aromatic nitrogens is 6. The molecule has 63 heavy (non-hydrogen) atoms. The molecule has 0 aliphatic heterocycles. The number of anilines is 6. The fourth-order valence-corrected chi connectivity index (χ4v) is 7.45. The fourth-order valence-electron chi connectivity index (χ4n) is 6.23. The lowest BCUT2D eigenvalue weighted by Gasteiger charge is -2.22. The van der Waals surface area contributed by atoms with Crippen LogP contribution >= 0.6 is 0 Å². The second-order valence-electron chi connectivity index (χ2n) is 14.6. The maximum Gasteiger partial charge on any atom is 0.295 e. The lowest BCUT2D eigenvalue weighted by atomic mass is 10.1. The summed E-state index contributed by atoms with van der Waals surface area (Å²) in [6, 6.07) is 26.4. The molecule has 6 aromatic rings. The average molecular weight is 899 g/mol. The van der Waals surface area contributed by atoms with Crippen LogP contribution in [0.4, 0.5) is 35.2 Å². The van der Waals surface area contributed by atoms with Gasteiger partial charge in [-0.05, 0) is 78.6 Å². The van der Waals surface area contributed by atoms with E-state index in [1.807, 2.05) is 42.5 Å². The predicted octanol–water partition coefficient (Wildman–Crippen LogP) is 4.34. The zero-order valence-electron chi connectivity index (χ0n) is 34.3. The number of nitrogens with one attached hydrogen (secondary N) is 2. The summed E-state index contributed by atoms with van der Waals surface area (Å²) >= 11 is 0. The monoisotopic (exact) mass is 898 g/mol. The Balaban J connectivity index is 1.21. The van der Waals surface area contributed by atoms with E-state index in [-0.39, 0.29) is 59.1 Å². The second-order valence-corrected chi connectivity index (χ2v) is 17.4. The summed E-state index contributed by atoms with van der Waals surface area (Å²) in [5.74, 6) is 1.31. The summed E-state index contributed by atoms with van der Waals surface area (Å²) in [6.45, 7) is 2.96. The van der Waals surface area contributed by atoms with E-state index < -0.39 is 39.2 Å². The topological polar surface area (TPSA) is 277 Å². The van der Waals surface area contributed by atoms with Gasteiger partial charge in [0.2, 0.25) is 23.8 Å². The van der Waals surface area contributed by atoms with Crippen LogP contribution in [0.2, 0.25) is 0 Å². The van der Waals surface area contributed by atoms with E-state index in [9.17, 15) is 41.3 Å². The summed E-state index contributed by atoms with van der Waals surface area (Å²) in [5.41, 5.74) is 3.37. The van der Waals surface area contributed by atoms with Crippen molar-refractivity contribution in [3.05, 3.63) is 131 Å². The van der Waals surface area contributed by atoms with Gasteiger partial charge in [0.15, 0.2) is 0 Å². The standard InChI is InChI=1S/C42H46N10O9S2/c1-27(54)24-51(3)41-47-38(46-39(49-41)43-33-7-5-4-6-8-33)23-31-14-16-32(36(21-31)63(59,60)61)15-13-29-9-11-30(12-10-29)22-37-45-40(50-42(48-37)52(26-53)25-28(2)55)44-34-17-19-35(20-18-34)62(56,57)58/h4-21,27-28,53-55H,22-26H2,1-3H3,(H,56,57,58)(H,59,60,61)(H,43,46,47,49)(H,44,45,48,50)/b15-13+. The molecule has 0 bridgehead atoms. The van der Waals surface area contributed by atoms with Gasteiger partial charge in [-0.1, -0.05) is 66.7 Å². The second kappa shape index (κ2) is 20.2. The molecule has 0 spiro atoms. The molecule has 0 aliphatic carbocycles. The van der Waals surface area contributed by atoms with Gasteiger partial charge in [0.1, 0.15) is 23.3 Å². The average Bonchev–Trinajstić information content (AvgIpc) is 3.22. The Kier molecular flexibility index (Phi) is 14.7. The summed E-state index contributed by atoms with van der Waals surface area (Å²) in [4.78, 5) is 29.5. The van der Waals surface area contributed by atoms with Gasteiger partial charge in [0, 0.05) is 44.4 Å². The number of hydrogen-bond acceptors (Lipinski definition) is 17. The molecule has 0 saturated carbocycles. The third-order valence-corrected chi connectivity index (χ3v) is 10.9. The minimum Gasteiger partial charge on any atom is -0.392 e. The predicted molar refractivity (Wildman–Crippen MR) is 237 cm³/mol. The van der Waals surface area contributed by atoms with Crippen LogP contribution in [0.1, 0.15) is 47.8 Å². The molecule has 0 saturated heterocycles. The smallest absolute Gasteiger partial charge is 0.295 e. The summed E-state index contributed by atoms with van der Waals surface area (Å²) < 4.78 is 67.9. The molecule has 2 aromatic heterocycles. The van der Waals surface area contributed by atoms with Crippen molar-refractivity contribution in [3.63, 3.8) is 0 Å². The number of aliphatic hydroxyl groups is 3. The Morgan fingerprint density at radius 2 is 1.19 bits per heavy atom. The van der Waals surface area contributed by atoms with E-state index in [4.69, 9.17) is 0 Å². The molecule has 6 rings (SSSR count). The van der Waals surface area contributed by atoms with Crippen molar-refractivity contribution >= 4 is 67.6 Å². The first-order chi connectivity index (χ1) is 29.9. The number of nitrogens with zero attached hydrogens (tertiary/aromatic N) is 8. The largest absolute Gasteiger partial charge is 0.392 e. The quantitative estimate of drug-likeness (QED) is 0.0338. The first-order valence-electron chi connectivity index (χ1n) is 19.4. The molecule has 2 heterocycles. The van der Waals surface area contributed by atoms with E-state index in [0.717, 1.165) is 11.3 Å². The van der Waals surface area contributed by atoms with E-state index in [1.165, 1.54) is 35.2 Å². The molecule has 330 valence electrons. The van der Waals surface area contributed by atoms with Crippen LogP contribution in [0, 0.1) is 0 Å².